The van der Waals surface area contributed by atoms with E-state index in [9.17, 15) is 0 Å². The van der Waals surface area contributed by atoms with Gasteiger partial charge in [0.2, 0.25) is 0 Å². The van der Waals surface area contributed by atoms with E-state index >= 15 is 0 Å². The molecule has 108 valence electrons. The van der Waals surface area contributed by atoms with Crippen LogP contribution in [0.15, 0.2) is 30.5 Å². The van der Waals surface area contributed by atoms with Gasteiger partial charge in [-0.05, 0) is 13.0 Å². The lowest BCUT2D eigenvalue weighted by molar-refractivity contribution is 0.199. The molecule has 0 saturated carbocycles. The average molecular weight is 292 g/mol. The van der Waals surface area contributed by atoms with Gasteiger partial charge in [-0.25, -0.2) is 4.98 Å². The van der Waals surface area contributed by atoms with E-state index < -0.39 is 0 Å². The number of hydrogen-bond acceptors (Lipinski definition) is 5. The Hall–Kier alpha value is -1.43. The van der Waals surface area contributed by atoms with Gasteiger partial charge >= 0.3 is 0 Å². The molecule has 2 aromatic rings. The third-order valence-electron chi connectivity index (χ3n) is 2.81. The molecule has 0 fully saturated rings. The number of methoxy groups -OCH3 is 1. The van der Waals surface area contributed by atoms with E-state index in [2.05, 4.69) is 16.4 Å². The number of rotatable bonds is 8. The number of hydrogen-bond donors (Lipinski definition) is 1. The standard InChI is InChI=1S/C15H20N2O2S/c1-12-17-10-14(20-12)11-19-15-6-4-3-5-13(15)9-16-7-8-18-2/h3-6,10,16H,7-9,11H2,1-2H3. The Morgan fingerprint density at radius 2 is 2.15 bits per heavy atom. The van der Waals surface area contributed by atoms with Crippen molar-refractivity contribution in [3.63, 3.8) is 0 Å². The maximum absolute atomic E-state index is 5.89. The summed E-state index contributed by atoms with van der Waals surface area (Å²) in [5.74, 6) is 0.920. The number of nitrogens with one attached hydrogen (secondary N) is 1. The summed E-state index contributed by atoms with van der Waals surface area (Å²) in [6, 6.07) is 8.09. The zero-order valence-corrected chi connectivity index (χ0v) is 12.7. The highest BCUT2D eigenvalue weighted by Gasteiger charge is 2.04. The summed E-state index contributed by atoms with van der Waals surface area (Å²) in [5, 5.41) is 4.40. The number of aromatic nitrogens is 1. The zero-order chi connectivity index (χ0) is 14.2. The van der Waals surface area contributed by atoms with Gasteiger partial charge in [0.25, 0.3) is 0 Å². The normalized spacial score (nSPS) is 10.7. The smallest absolute Gasteiger partial charge is 0.124 e. The molecule has 20 heavy (non-hydrogen) atoms. The summed E-state index contributed by atoms with van der Waals surface area (Å²) in [5.41, 5.74) is 1.16. The van der Waals surface area contributed by atoms with Crippen molar-refractivity contribution < 1.29 is 9.47 Å². The molecular weight excluding hydrogens is 272 g/mol. The van der Waals surface area contributed by atoms with Crippen LogP contribution in [-0.4, -0.2) is 25.2 Å². The first-order valence-corrected chi connectivity index (χ1v) is 7.43. The molecule has 0 aliphatic rings. The molecule has 1 N–H and O–H groups in total. The number of para-hydroxylation sites is 1. The van der Waals surface area contributed by atoms with Crippen LogP contribution in [0, 0.1) is 6.92 Å². The maximum Gasteiger partial charge on any atom is 0.124 e. The molecule has 0 spiro atoms. The lowest BCUT2D eigenvalue weighted by Gasteiger charge is -2.11. The lowest BCUT2D eigenvalue weighted by atomic mass is 10.2. The van der Waals surface area contributed by atoms with Gasteiger partial charge < -0.3 is 14.8 Å². The molecule has 0 unspecified atom stereocenters. The Kier molecular flexibility index (Phi) is 5.98. The largest absolute Gasteiger partial charge is 0.488 e. The molecule has 5 heteroatoms. The second-order valence-electron chi connectivity index (χ2n) is 4.41. The first kappa shape index (κ1) is 15.0. The summed E-state index contributed by atoms with van der Waals surface area (Å²) >= 11 is 1.67. The summed E-state index contributed by atoms with van der Waals surface area (Å²) < 4.78 is 10.9. The van der Waals surface area contributed by atoms with E-state index in [0.717, 1.165) is 34.3 Å². The first-order valence-electron chi connectivity index (χ1n) is 6.61. The number of ether oxygens (including phenoxy) is 2. The van der Waals surface area contributed by atoms with Gasteiger partial charge in [-0.1, -0.05) is 18.2 Å². The molecule has 0 saturated heterocycles. The zero-order valence-electron chi connectivity index (χ0n) is 11.9. The minimum Gasteiger partial charge on any atom is -0.488 e. The Balaban J connectivity index is 1.90. The average Bonchev–Trinajstić information content (AvgIpc) is 2.88. The maximum atomic E-state index is 5.89. The first-order chi connectivity index (χ1) is 9.79. The van der Waals surface area contributed by atoms with Gasteiger partial charge in [0.1, 0.15) is 12.4 Å². The van der Waals surface area contributed by atoms with Crippen LogP contribution in [-0.2, 0) is 17.9 Å². The molecule has 0 amide bonds. The second kappa shape index (κ2) is 7.99. The quantitative estimate of drug-likeness (QED) is 0.760. The van der Waals surface area contributed by atoms with E-state index in [4.69, 9.17) is 9.47 Å². The molecule has 2 rings (SSSR count). The van der Waals surface area contributed by atoms with Crippen LogP contribution in [0.5, 0.6) is 5.75 Å². The number of nitrogens with zero attached hydrogens (tertiary/aromatic N) is 1. The molecule has 0 atom stereocenters. The molecular formula is C15H20N2O2S. The highest BCUT2D eigenvalue weighted by Crippen LogP contribution is 2.20. The van der Waals surface area contributed by atoms with Crippen molar-refractivity contribution in [2.75, 3.05) is 20.3 Å². The third kappa shape index (κ3) is 4.59. The van der Waals surface area contributed by atoms with Crippen molar-refractivity contribution in [2.24, 2.45) is 0 Å². The predicted molar refractivity (Wildman–Crippen MR) is 81.2 cm³/mol. The summed E-state index contributed by atoms with van der Waals surface area (Å²) in [6.45, 7) is 4.89. The number of aryl methyl sites for hydroxylation is 1. The highest BCUT2D eigenvalue weighted by molar-refractivity contribution is 7.11. The van der Waals surface area contributed by atoms with Crippen molar-refractivity contribution in [3.8, 4) is 5.75 Å². The molecule has 1 aromatic heterocycles. The Labute approximate surface area is 123 Å². The van der Waals surface area contributed by atoms with Gasteiger partial charge in [-0.15, -0.1) is 11.3 Å². The Bertz CT molecular complexity index is 528. The SMILES string of the molecule is COCCNCc1ccccc1OCc1cnc(C)s1. The molecule has 0 aliphatic carbocycles. The van der Waals surface area contributed by atoms with Gasteiger partial charge in [0.15, 0.2) is 0 Å². The second-order valence-corrected chi connectivity index (χ2v) is 5.73. The van der Waals surface area contributed by atoms with Crippen LogP contribution in [0.3, 0.4) is 0 Å². The lowest BCUT2D eigenvalue weighted by Crippen LogP contribution is -2.19. The minimum atomic E-state index is 0.570. The van der Waals surface area contributed by atoms with Crippen LogP contribution >= 0.6 is 11.3 Å². The van der Waals surface area contributed by atoms with Crippen molar-refractivity contribution in [1.82, 2.24) is 10.3 Å². The van der Waals surface area contributed by atoms with Crippen LogP contribution < -0.4 is 10.1 Å². The van der Waals surface area contributed by atoms with Crippen LogP contribution in [0.1, 0.15) is 15.4 Å². The fourth-order valence-corrected chi connectivity index (χ4v) is 2.52. The van der Waals surface area contributed by atoms with E-state index in [-0.39, 0.29) is 0 Å². The van der Waals surface area contributed by atoms with Gasteiger partial charge in [-0.3, -0.25) is 0 Å². The van der Waals surface area contributed by atoms with Gasteiger partial charge in [0, 0.05) is 32.0 Å². The van der Waals surface area contributed by atoms with Crippen LogP contribution in [0.2, 0.25) is 0 Å². The fourth-order valence-electron chi connectivity index (χ4n) is 1.81. The molecule has 0 bridgehead atoms. The van der Waals surface area contributed by atoms with Crippen molar-refractivity contribution >= 4 is 11.3 Å². The Morgan fingerprint density at radius 1 is 1.30 bits per heavy atom. The molecule has 1 aromatic carbocycles. The molecule has 1 heterocycles. The number of thiazole rings is 1. The van der Waals surface area contributed by atoms with Gasteiger partial charge in [-0.2, -0.15) is 0 Å². The molecule has 4 nitrogen and oxygen atoms in total. The number of benzene rings is 1. The molecule has 0 aliphatic heterocycles. The van der Waals surface area contributed by atoms with E-state index in [1.807, 2.05) is 31.3 Å². The summed E-state index contributed by atoms with van der Waals surface area (Å²) in [6.07, 6.45) is 1.87. The fraction of sp³-hybridized carbons (Fsp3) is 0.400. The summed E-state index contributed by atoms with van der Waals surface area (Å²) in [7, 11) is 1.70. The minimum absolute atomic E-state index is 0.570. The van der Waals surface area contributed by atoms with E-state index in [1.54, 1.807) is 18.4 Å². The summed E-state index contributed by atoms with van der Waals surface area (Å²) in [4.78, 5) is 5.38. The van der Waals surface area contributed by atoms with E-state index in [0.29, 0.717) is 13.2 Å². The third-order valence-corrected chi connectivity index (χ3v) is 3.70. The predicted octanol–water partition coefficient (Wildman–Crippen LogP) is 2.77. The van der Waals surface area contributed by atoms with E-state index in [1.165, 1.54) is 0 Å². The van der Waals surface area contributed by atoms with Crippen molar-refractivity contribution in [1.29, 1.82) is 0 Å². The van der Waals surface area contributed by atoms with Crippen molar-refractivity contribution in [2.45, 2.75) is 20.1 Å². The monoisotopic (exact) mass is 292 g/mol. The molecule has 0 radical (unpaired) electrons. The van der Waals surface area contributed by atoms with Gasteiger partial charge in [0.05, 0.1) is 16.5 Å². The van der Waals surface area contributed by atoms with Crippen LogP contribution in [0.4, 0.5) is 0 Å². The Morgan fingerprint density at radius 3 is 2.90 bits per heavy atom. The van der Waals surface area contributed by atoms with Crippen LogP contribution in [0.25, 0.3) is 0 Å². The highest BCUT2D eigenvalue weighted by atomic mass is 32.1. The topological polar surface area (TPSA) is 43.4 Å². The van der Waals surface area contributed by atoms with Crippen molar-refractivity contribution in [3.05, 3.63) is 45.9 Å².